The van der Waals surface area contributed by atoms with Crippen LogP contribution in [0.1, 0.15) is 29.4 Å². The molecule has 0 N–H and O–H groups in total. The van der Waals surface area contributed by atoms with Crippen molar-refractivity contribution < 1.29 is 4.79 Å². The maximum absolute atomic E-state index is 11.2. The van der Waals surface area contributed by atoms with Crippen LogP contribution in [0.5, 0.6) is 0 Å². The summed E-state index contributed by atoms with van der Waals surface area (Å²) in [6, 6.07) is 3.54. The third-order valence-electron chi connectivity index (χ3n) is 1.33. The number of Topliss-reactive ketones (excluding diaryl/α,β-unsaturated/α-hetero) is 1. The predicted octanol–water partition coefficient (Wildman–Crippen LogP) is 3.38. The van der Waals surface area contributed by atoms with Crippen LogP contribution in [-0.2, 0) is 0 Å². The summed E-state index contributed by atoms with van der Waals surface area (Å²) in [5.74, 6) is 0.199. The molecule has 0 spiro atoms. The number of hydrogen-bond donors (Lipinski definition) is 0. The summed E-state index contributed by atoms with van der Waals surface area (Å²) in [4.78, 5) is 12.0. The third kappa shape index (κ3) is 2.31. The van der Waals surface area contributed by atoms with Crippen molar-refractivity contribution in [3.05, 3.63) is 21.3 Å². The van der Waals surface area contributed by atoms with E-state index in [1.165, 1.54) is 11.3 Å². The molecule has 0 aliphatic rings. The molecule has 1 heterocycles. The fourth-order valence-electron chi connectivity index (χ4n) is 0.814. The average Bonchev–Trinajstić information content (AvgIpc) is 2.36. The van der Waals surface area contributed by atoms with Crippen LogP contribution in [0.2, 0.25) is 4.34 Å². The standard InChI is InChI=1S/C8H9ClOS/c1-2-3-6(10)7-4-5-8(9)11-7/h4-5H,2-3H2,1H3. The minimum Gasteiger partial charge on any atom is -0.293 e. The van der Waals surface area contributed by atoms with Gasteiger partial charge in [-0.1, -0.05) is 18.5 Å². The SMILES string of the molecule is CCCC(=O)c1ccc(Cl)s1. The second kappa shape index (κ2) is 3.88. The lowest BCUT2D eigenvalue weighted by Crippen LogP contribution is -1.93. The van der Waals surface area contributed by atoms with Crippen LogP contribution in [0.15, 0.2) is 12.1 Å². The van der Waals surface area contributed by atoms with Gasteiger partial charge in [-0.05, 0) is 18.6 Å². The quantitative estimate of drug-likeness (QED) is 0.665. The first-order valence-corrected chi connectivity index (χ1v) is 4.72. The van der Waals surface area contributed by atoms with Crippen LogP contribution in [-0.4, -0.2) is 5.78 Å². The lowest BCUT2D eigenvalue weighted by molar-refractivity contribution is 0.0985. The van der Waals surface area contributed by atoms with E-state index in [0.717, 1.165) is 11.3 Å². The monoisotopic (exact) mass is 188 g/mol. The van der Waals surface area contributed by atoms with Crippen LogP contribution >= 0.6 is 22.9 Å². The summed E-state index contributed by atoms with van der Waals surface area (Å²) in [6.07, 6.45) is 1.52. The predicted molar refractivity (Wildman–Crippen MR) is 48.6 cm³/mol. The van der Waals surface area contributed by atoms with Crippen molar-refractivity contribution >= 4 is 28.7 Å². The van der Waals surface area contributed by atoms with E-state index in [4.69, 9.17) is 11.6 Å². The second-order valence-electron chi connectivity index (χ2n) is 2.28. The highest BCUT2D eigenvalue weighted by Crippen LogP contribution is 2.22. The molecule has 0 bridgehead atoms. The van der Waals surface area contributed by atoms with Crippen LogP contribution in [0.4, 0.5) is 0 Å². The number of ketones is 1. The Balaban J connectivity index is 2.69. The van der Waals surface area contributed by atoms with Gasteiger partial charge in [0.05, 0.1) is 9.21 Å². The van der Waals surface area contributed by atoms with E-state index in [0.29, 0.717) is 10.8 Å². The minimum absolute atomic E-state index is 0.199. The maximum atomic E-state index is 11.2. The van der Waals surface area contributed by atoms with Gasteiger partial charge in [0.25, 0.3) is 0 Å². The molecule has 1 nitrogen and oxygen atoms in total. The Hall–Kier alpha value is -0.340. The van der Waals surface area contributed by atoms with Crippen LogP contribution < -0.4 is 0 Å². The number of carbonyl (C=O) groups excluding carboxylic acids is 1. The molecule has 0 fully saturated rings. The third-order valence-corrected chi connectivity index (χ3v) is 2.60. The van der Waals surface area contributed by atoms with E-state index < -0.39 is 0 Å². The first-order valence-electron chi connectivity index (χ1n) is 3.52. The fourth-order valence-corrected chi connectivity index (χ4v) is 1.82. The van der Waals surface area contributed by atoms with E-state index in [1.54, 1.807) is 12.1 Å². The average molecular weight is 189 g/mol. The Bertz CT molecular complexity index is 254. The summed E-state index contributed by atoms with van der Waals surface area (Å²) >= 11 is 7.02. The van der Waals surface area contributed by atoms with E-state index in [1.807, 2.05) is 6.92 Å². The smallest absolute Gasteiger partial charge is 0.172 e. The summed E-state index contributed by atoms with van der Waals surface area (Å²) in [5.41, 5.74) is 0. The molecule has 0 aliphatic heterocycles. The molecule has 0 aliphatic carbocycles. The molecular weight excluding hydrogens is 180 g/mol. The molecule has 0 amide bonds. The maximum Gasteiger partial charge on any atom is 0.172 e. The van der Waals surface area contributed by atoms with Gasteiger partial charge >= 0.3 is 0 Å². The molecule has 0 saturated carbocycles. The van der Waals surface area contributed by atoms with Crippen molar-refractivity contribution in [2.24, 2.45) is 0 Å². The number of carbonyl (C=O) groups is 1. The number of thiophene rings is 1. The van der Waals surface area contributed by atoms with Gasteiger partial charge in [-0.2, -0.15) is 0 Å². The number of rotatable bonds is 3. The zero-order valence-electron chi connectivity index (χ0n) is 6.26. The topological polar surface area (TPSA) is 17.1 Å². The van der Waals surface area contributed by atoms with E-state index in [9.17, 15) is 4.79 Å². The van der Waals surface area contributed by atoms with Gasteiger partial charge in [-0.3, -0.25) is 4.79 Å². The molecule has 3 heteroatoms. The highest BCUT2D eigenvalue weighted by atomic mass is 35.5. The number of halogens is 1. The second-order valence-corrected chi connectivity index (χ2v) is 3.99. The Morgan fingerprint density at radius 2 is 2.36 bits per heavy atom. The van der Waals surface area contributed by atoms with Crippen molar-refractivity contribution in [2.75, 3.05) is 0 Å². The van der Waals surface area contributed by atoms with Gasteiger partial charge in [0.15, 0.2) is 5.78 Å². The van der Waals surface area contributed by atoms with Crippen molar-refractivity contribution in [1.29, 1.82) is 0 Å². The zero-order chi connectivity index (χ0) is 8.27. The zero-order valence-corrected chi connectivity index (χ0v) is 7.84. The lowest BCUT2D eigenvalue weighted by atomic mass is 10.2. The summed E-state index contributed by atoms with van der Waals surface area (Å²) < 4.78 is 0.685. The van der Waals surface area contributed by atoms with Gasteiger partial charge < -0.3 is 0 Å². The van der Waals surface area contributed by atoms with Crippen molar-refractivity contribution in [1.82, 2.24) is 0 Å². The molecule has 1 rings (SSSR count). The van der Waals surface area contributed by atoms with Gasteiger partial charge in [-0.25, -0.2) is 0 Å². The Morgan fingerprint density at radius 3 is 2.82 bits per heavy atom. The summed E-state index contributed by atoms with van der Waals surface area (Å²) in [5, 5.41) is 0. The van der Waals surface area contributed by atoms with Gasteiger partial charge in [0.1, 0.15) is 0 Å². The Labute approximate surface area is 75.0 Å². The lowest BCUT2D eigenvalue weighted by Gasteiger charge is -1.90. The molecule has 0 atom stereocenters. The highest BCUT2D eigenvalue weighted by molar-refractivity contribution is 7.18. The van der Waals surface area contributed by atoms with Gasteiger partial charge in [0.2, 0.25) is 0 Å². The molecular formula is C8H9ClOS. The Morgan fingerprint density at radius 1 is 1.64 bits per heavy atom. The van der Waals surface area contributed by atoms with E-state index in [-0.39, 0.29) is 5.78 Å². The van der Waals surface area contributed by atoms with Crippen molar-refractivity contribution in [3.63, 3.8) is 0 Å². The fraction of sp³-hybridized carbons (Fsp3) is 0.375. The van der Waals surface area contributed by atoms with E-state index >= 15 is 0 Å². The first-order chi connectivity index (χ1) is 5.24. The molecule has 60 valence electrons. The minimum atomic E-state index is 0.199. The highest BCUT2D eigenvalue weighted by Gasteiger charge is 2.06. The largest absolute Gasteiger partial charge is 0.293 e. The molecule has 0 aromatic carbocycles. The normalized spacial score (nSPS) is 10.0. The van der Waals surface area contributed by atoms with Gasteiger partial charge in [-0.15, -0.1) is 11.3 Å². The summed E-state index contributed by atoms with van der Waals surface area (Å²) in [6.45, 7) is 1.99. The molecule has 11 heavy (non-hydrogen) atoms. The van der Waals surface area contributed by atoms with Crippen LogP contribution in [0.25, 0.3) is 0 Å². The Kier molecular flexibility index (Phi) is 3.09. The van der Waals surface area contributed by atoms with Crippen LogP contribution in [0, 0.1) is 0 Å². The van der Waals surface area contributed by atoms with Crippen LogP contribution in [0.3, 0.4) is 0 Å². The number of hydrogen-bond acceptors (Lipinski definition) is 2. The molecule has 0 saturated heterocycles. The van der Waals surface area contributed by atoms with E-state index in [2.05, 4.69) is 0 Å². The summed E-state index contributed by atoms with van der Waals surface area (Å²) in [7, 11) is 0. The molecule has 0 radical (unpaired) electrons. The molecule has 1 aromatic rings. The van der Waals surface area contributed by atoms with Crippen molar-refractivity contribution in [2.45, 2.75) is 19.8 Å². The molecule has 1 aromatic heterocycles. The first kappa shape index (κ1) is 8.75. The van der Waals surface area contributed by atoms with Crippen molar-refractivity contribution in [3.8, 4) is 0 Å². The van der Waals surface area contributed by atoms with Gasteiger partial charge in [0, 0.05) is 6.42 Å². The molecule has 0 unspecified atom stereocenters.